The van der Waals surface area contributed by atoms with E-state index >= 15 is 0 Å². The van der Waals surface area contributed by atoms with Gasteiger partial charge in [-0.05, 0) is 24.7 Å². The summed E-state index contributed by atoms with van der Waals surface area (Å²) in [6.45, 7) is 6.05. The van der Waals surface area contributed by atoms with E-state index in [0.717, 1.165) is 29.6 Å². The molecule has 0 bridgehead atoms. The van der Waals surface area contributed by atoms with E-state index in [9.17, 15) is 0 Å². The molecule has 3 fully saturated rings. The quantitative estimate of drug-likeness (QED) is 0.498. The molecule has 0 aliphatic heterocycles. The van der Waals surface area contributed by atoms with Gasteiger partial charge in [-0.25, -0.2) is 0 Å². The Balaban J connectivity index is 0.000000372. The van der Waals surface area contributed by atoms with Gasteiger partial charge in [0.2, 0.25) is 0 Å². The molecule has 1 N–H and O–H groups in total. The SMILES string of the molecule is C[C-]=N.[CH2-]C1C2CCCCC2C2CCCCC12.[Y]. The third kappa shape index (κ3) is 3.45. The van der Waals surface area contributed by atoms with E-state index in [-0.39, 0.29) is 32.7 Å². The van der Waals surface area contributed by atoms with Gasteiger partial charge in [-0.15, -0.1) is 0 Å². The molecule has 0 amide bonds. The first-order valence-electron chi connectivity index (χ1n) is 7.46. The molecule has 0 spiro atoms. The fourth-order valence-corrected chi connectivity index (χ4v) is 4.82. The summed E-state index contributed by atoms with van der Waals surface area (Å²) in [5.74, 6) is 5.06. The number of nitrogens with one attached hydrogen (secondary N) is 1. The van der Waals surface area contributed by atoms with Gasteiger partial charge in [0.05, 0.1) is 0 Å². The van der Waals surface area contributed by atoms with Crippen LogP contribution in [0.25, 0.3) is 0 Å². The van der Waals surface area contributed by atoms with Crippen LogP contribution in [0.3, 0.4) is 0 Å². The Hall–Kier alpha value is 0.774. The van der Waals surface area contributed by atoms with Gasteiger partial charge in [0, 0.05) is 32.7 Å². The number of rotatable bonds is 0. The Morgan fingerprint density at radius 2 is 1.11 bits per heavy atom. The van der Waals surface area contributed by atoms with Crippen LogP contribution in [0, 0.1) is 41.9 Å². The van der Waals surface area contributed by atoms with Crippen LogP contribution < -0.4 is 0 Å². The van der Waals surface area contributed by atoms with Crippen molar-refractivity contribution in [2.45, 2.75) is 58.3 Å². The van der Waals surface area contributed by atoms with Crippen LogP contribution in [0.1, 0.15) is 58.3 Å². The Kier molecular flexibility index (Phi) is 7.62. The number of hydrogen-bond acceptors (Lipinski definition) is 1. The molecule has 101 valence electrons. The summed E-state index contributed by atoms with van der Waals surface area (Å²) in [6, 6.07) is 0. The van der Waals surface area contributed by atoms with Gasteiger partial charge in [0.25, 0.3) is 0 Å². The van der Waals surface area contributed by atoms with Crippen molar-refractivity contribution in [1.29, 1.82) is 5.41 Å². The minimum absolute atomic E-state index is 0. The fraction of sp³-hybridized carbons (Fsp3) is 0.875. The molecule has 0 aromatic rings. The zero-order chi connectivity index (χ0) is 12.3. The molecular weight excluding hydrogens is 295 g/mol. The predicted octanol–water partition coefficient (Wildman–Crippen LogP) is 4.59. The zero-order valence-corrected chi connectivity index (χ0v) is 14.7. The first-order chi connectivity index (χ1) is 8.29. The summed E-state index contributed by atoms with van der Waals surface area (Å²) in [7, 11) is 0. The van der Waals surface area contributed by atoms with Gasteiger partial charge in [0.1, 0.15) is 0 Å². The number of fused-ring (bicyclic) bond motifs is 3. The molecule has 4 unspecified atom stereocenters. The van der Waals surface area contributed by atoms with Gasteiger partial charge in [-0.3, -0.25) is 0 Å². The van der Waals surface area contributed by atoms with Crippen LogP contribution >= 0.6 is 0 Å². The zero-order valence-electron chi connectivity index (χ0n) is 11.8. The minimum Gasteiger partial charge on any atom is -0.519 e. The summed E-state index contributed by atoms with van der Waals surface area (Å²) in [5.41, 5.74) is 0. The average molecular weight is 322 g/mol. The predicted molar refractivity (Wildman–Crippen MR) is 73.1 cm³/mol. The second-order valence-electron chi connectivity index (χ2n) is 6.14. The van der Waals surface area contributed by atoms with E-state index in [1.807, 2.05) is 6.21 Å². The summed E-state index contributed by atoms with van der Waals surface area (Å²) < 4.78 is 0. The van der Waals surface area contributed by atoms with Gasteiger partial charge in [-0.2, -0.15) is 12.8 Å². The average Bonchev–Trinajstić information content (AvgIpc) is 2.66. The molecule has 1 nitrogen and oxygen atoms in total. The number of hydrogen-bond donors (Lipinski definition) is 1. The topological polar surface area (TPSA) is 23.9 Å². The van der Waals surface area contributed by atoms with E-state index < -0.39 is 0 Å². The van der Waals surface area contributed by atoms with Crippen LogP contribution in [-0.2, 0) is 32.7 Å². The molecule has 0 saturated heterocycles. The van der Waals surface area contributed by atoms with E-state index in [4.69, 9.17) is 5.41 Å². The molecule has 0 heterocycles. The van der Waals surface area contributed by atoms with Gasteiger partial charge >= 0.3 is 0 Å². The van der Waals surface area contributed by atoms with Gasteiger partial charge in [0.15, 0.2) is 0 Å². The van der Waals surface area contributed by atoms with Crippen LogP contribution in [0.4, 0.5) is 0 Å². The molecule has 3 aliphatic carbocycles. The van der Waals surface area contributed by atoms with Crippen molar-refractivity contribution in [3.63, 3.8) is 0 Å². The van der Waals surface area contributed by atoms with Crippen LogP contribution in [-0.4, -0.2) is 6.21 Å². The first kappa shape index (κ1) is 16.8. The maximum atomic E-state index is 5.96. The third-order valence-corrected chi connectivity index (χ3v) is 5.40. The van der Waals surface area contributed by atoms with Gasteiger partial charge in [-0.1, -0.05) is 50.4 Å². The van der Waals surface area contributed by atoms with E-state index in [2.05, 4.69) is 6.92 Å². The summed E-state index contributed by atoms with van der Waals surface area (Å²) in [5, 5.41) is 5.96. The van der Waals surface area contributed by atoms with Crippen molar-refractivity contribution < 1.29 is 32.7 Å². The van der Waals surface area contributed by atoms with Crippen molar-refractivity contribution in [1.82, 2.24) is 0 Å². The van der Waals surface area contributed by atoms with Crippen LogP contribution in [0.2, 0.25) is 0 Å². The van der Waals surface area contributed by atoms with E-state index in [0.29, 0.717) is 0 Å². The summed E-state index contributed by atoms with van der Waals surface area (Å²) >= 11 is 0. The monoisotopic (exact) mass is 322 g/mol. The Morgan fingerprint density at radius 3 is 1.44 bits per heavy atom. The molecule has 3 aliphatic rings. The van der Waals surface area contributed by atoms with Gasteiger partial charge < -0.3 is 18.5 Å². The van der Waals surface area contributed by atoms with Crippen molar-refractivity contribution in [3.05, 3.63) is 6.92 Å². The molecule has 3 rings (SSSR count). The van der Waals surface area contributed by atoms with Crippen molar-refractivity contribution >= 4 is 6.21 Å². The second-order valence-corrected chi connectivity index (χ2v) is 6.14. The normalized spacial score (nSPS) is 41.6. The Labute approximate surface area is 138 Å². The largest absolute Gasteiger partial charge is 0.519 e. The maximum absolute atomic E-state index is 5.96. The Bertz CT molecular complexity index is 231. The first-order valence-corrected chi connectivity index (χ1v) is 7.46. The molecule has 4 atom stereocenters. The Morgan fingerprint density at radius 1 is 0.833 bits per heavy atom. The van der Waals surface area contributed by atoms with E-state index in [1.165, 1.54) is 51.4 Å². The van der Waals surface area contributed by atoms with Crippen molar-refractivity contribution in [2.24, 2.45) is 29.6 Å². The fourth-order valence-electron chi connectivity index (χ4n) is 4.82. The van der Waals surface area contributed by atoms with E-state index in [1.54, 1.807) is 6.92 Å². The molecule has 3 saturated carbocycles. The van der Waals surface area contributed by atoms with Crippen molar-refractivity contribution in [2.75, 3.05) is 0 Å². The maximum Gasteiger partial charge on any atom is 0 e. The molecule has 2 heteroatoms. The van der Waals surface area contributed by atoms with Crippen molar-refractivity contribution in [3.8, 4) is 0 Å². The third-order valence-electron chi connectivity index (χ3n) is 5.40. The second kappa shape index (κ2) is 8.15. The molecule has 1 radical (unpaired) electrons. The molecular formula is C16H27NY-2. The van der Waals surface area contributed by atoms with Crippen LogP contribution in [0.5, 0.6) is 0 Å². The summed E-state index contributed by atoms with van der Waals surface area (Å²) in [4.78, 5) is 0. The molecule has 18 heavy (non-hydrogen) atoms. The standard InChI is InChI=1S/C14H23.C2H4N.Y/c1-10-11-6-2-4-8-13(11)14-9-5-3-7-12(10)14;1-2-3;/h10-14H,1-9H2;3H,1H3;/q2*-1;. The molecule has 0 aromatic carbocycles. The minimum atomic E-state index is 0. The smallest absolute Gasteiger partial charge is 0 e. The van der Waals surface area contributed by atoms with Crippen LogP contribution in [0.15, 0.2) is 0 Å². The summed E-state index contributed by atoms with van der Waals surface area (Å²) in [6.07, 6.45) is 14.1. The molecule has 0 aromatic heterocycles.